The van der Waals surface area contributed by atoms with Gasteiger partial charge in [-0.05, 0) is 6.07 Å². The van der Waals surface area contributed by atoms with E-state index in [1.165, 1.54) is 5.69 Å². The number of fused-ring (bicyclic) bond motifs is 1. The summed E-state index contributed by atoms with van der Waals surface area (Å²) in [5.74, 6) is 0. The van der Waals surface area contributed by atoms with E-state index < -0.39 is 0 Å². The van der Waals surface area contributed by atoms with Crippen LogP contribution in [0.25, 0.3) is 5.52 Å². The predicted octanol–water partition coefficient (Wildman–Crippen LogP) is 3.32. The van der Waals surface area contributed by atoms with Crippen molar-refractivity contribution in [1.29, 1.82) is 0 Å². The minimum absolute atomic E-state index is 0.0289. The quantitative estimate of drug-likeness (QED) is 0.696. The number of aromatic nitrogens is 3. The third-order valence-corrected chi connectivity index (χ3v) is 2.85. The molecule has 92 valence electrons. The first-order valence-electron chi connectivity index (χ1n) is 6.05. The Morgan fingerprint density at radius 2 is 1.65 bits per heavy atom. The van der Waals surface area contributed by atoms with Gasteiger partial charge in [0.15, 0.2) is 0 Å². The zero-order valence-electron chi connectivity index (χ0n) is 11.6. The highest BCUT2D eigenvalue weighted by Gasteiger charge is 2.29. The van der Waals surface area contributed by atoms with E-state index in [9.17, 15) is 0 Å². The van der Waals surface area contributed by atoms with Crippen LogP contribution in [-0.2, 0) is 10.8 Å². The molecule has 0 aliphatic heterocycles. The summed E-state index contributed by atoms with van der Waals surface area (Å²) in [6.45, 7) is 13.2. The molecule has 0 spiro atoms. The second kappa shape index (κ2) is 3.56. The van der Waals surface area contributed by atoms with Crippen LogP contribution in [0.2, 0.25) is 0 Å². The Hall–Kier alpha value is -1.38. The number of hydrogen-bond donors (Lipinski definition) is 0. The van der Waals surface area contributed by atoms with E-state index in [4.69, 9.17) is 0 Å². The van der Waals surface area contributed by atoms with E-state index in [0.29, 0.717) is 0 Å². The summed E-state index contributed by atoms with van der Waals surface area (Å²) in [5.41, 5.74) is 3.45. The van der Waals surface area contributed by atoms with Crippen molar-refractivity contribution in [2.75, 3.05) is 0 Å². The van der Waals surface area contributed by atoms with Crippen molar-refractivity contribution >= 4 is 5.52 Å². The van der Waals surface area contributed by atoms with Gasteiger partial charge in [0.05, 0.1) is 29.3 Å². The Kier molecular flexibility index (Phi) is 2.53. The Bertz CT molecular complexity index is 539. The van der Waals surface area contributed by atoms with Gasteiger partial charge >= 0.3 is 0 Å². The van der Waals surface area contributed by atoms with Crippen molar-refractivity contribution in [3.8, 4) is 0 Å². The van der Waals surface area contributed by atoms with Crippen LogP contribution < -0.4 is 0 Å². The van der Waals surface area contributed by atoms with E-state index in [2.05, 4.69) is 51.6 Å². The molecule has 2 aromatic heterocycles. The van der Waals surface area contributed by atoms with Gasteiger partial charge in [0.2, 0.25) is 0 Å². The molecule has 2 rings (SSSR count). The fourth-order valence-corrected chi connectivity index (χ4v) is 2.11. The zero-order valence-corrected chi connectivity index (χ0v) is 11.6. The highest BCUT2D eigenvalue weighted by atomic mass is 15.2. The Labute approximate surface area is 103 Å². The summed E-state index contributed by atoms with van der Waals surface area (Å²) in [4.78, 5) is 4.66. The molecule has 0 N–H and O–H groups in total. The fourth-order valence-electron chi connectivity index (χ4n) is 2.11. The molecule has 0 radical (unpaired) electrons. The average Bonchev–Trinajstić information content (AvgIpc) is 2.59. The highest BCUT2D eigenvalue weighted by Crippen LogP contribution is 2.32. The molecule has 0 unspecified atom stereocenters. The third kappa shape index (κ3) is 2.06. The van der Waals surface area contributed by atoms with Gasteiger partial charge in [-0.25, -0.2) is 4.52 Å². The van der Waals surface area contributed by atoms with Crippen LogP contribution in [-0.4, -0.2) is 14.6 Å². The smallest absolute Gasteiger partial charge is 0.0848 e. The highest BCUT2D eigenvalue weighted by molar-refractivity contribution is 5.47. The fraction of sp³-hybridized carbons (Fsp3) is 0.571. The van der Waals surface area contributed by atoms with Gasteiger partial charge in [0.25, 0.3) is 0 Å². The van der Waals surface area contributed by atoms with E-state index in [-0.39, 0.29) is 10.8 Å². The molecule has 0 saturated heterocycles. The topological polar surface area (TPSA) is 30.2 Å². The molecule has 17 heavy (non-hydrogen) atoms. The lowest BCUT2D eigenvalue weighted by Crippen LogP contribution is -2.27. The minimum Gasteiger partial charge on any atom is -0.257 e. The van der Waals surface area contributed by atoms with Crippen molar-refractivity contribution in [2.24, 2.45) is 0 Å². The van der Waals surface area contributed by atoms with Crippen molar-refractivity contribution in [1.82, 2.24) is 14.6 Å². The van der Waals surface area contributed by atoms with Crippen LogP contribution in [0.1, 0.15) is 52.9 Å². The number of rotatable bonds is 0. The molecule has 0 atom stereocenters. The van der Waals surface area contributed by atoms with Gasteiger partial charge in [-0.2, -0.15) is 5.10 Å². The Morgan fingerprint density at radius 1 is 1.00 bits per heavy atom. The third-order valence-electron chi connectivity index (χ3n) is 2.85. The van der Waals surface area contributed by atoms with E-state index in [1.54, 1.807) is 0 Å². The maximum Gasteiger partial charge on any atom is 0.0848 e. The predicted molar refractivity (Wildman–Crippen MR) is 70.4 cm³/mol. The van der Waals surface area contributed by atoms with E-state index in [1.807, 2.05) is 23.0 Å². The second-order valence-electron chi connectivity index (χ2n) is 6.62. The second-order valence-corrected chi connectivity index (χ2v) is 6.62. The lowest BCUT2D eigenvalue weighted by atomic mass is 9.81. The molecule has 3 nitrogen and oxygen atoms in total. The van der Waals surface area contributed by atoms with Gasteiger partial charge in [0, 0.05) is 10.8 Å². The molecule has 0 bridgehead atoms. The molecule has 0 aliphatic carbocycles. The van der Waals surface area contributed by atoms with Crippen molar-refractivity contribution in [3.63, 3.8) is 0 Å². The summed E-state index contributed by atoms with van der Waals surface area (Å²) in [6, 6.07) is 1.99. The molecular formula is C14H21N3. The molecule has 2 heterocycles. The van der Waals surface area contributed by atoms with Gasteiger partial charge in [-0.1, -0.05) is 41.5 Å². The van der Waals surface area contributed by atoms with Crippen LogP contribution in [0.3, 0.4) is 0 Å². The lowest BCUT2D eigenvalue weighted by Gasteiger charge is -2.29. The average molecular weight is 231 g/mol. The monoisotopic (exact) mass is 231 g/mol. The van der Waals surface area contributed by atoms with Crippen molar-refractivity contribution in [2.45, 2.75) is 52.4 Å². The summed E-state index contributed by atoms with van der Waals surface area (Å²) in [7, 11) is 0. The Balaban J connectivity index is 2.85. The summed E-state index contributed by atoms with van der Waals surface area (Å²) in [5, 5.41) is 4.44. The van der Waals surface area contributed by atoms with Crippen LogP contribution in [0.5, 0.6) is 0 Å². The van der Waals surface area contributed by atoms with E-state index >= 15 is 0 Å². The normalized spacial score (nSPS) is 13.3. The summed E-state index contributed by atoms with van der Waals surface area (Å²) < 4.78 is 2.02. The summed E-state index contributed by atoms with van der Waals surface area (Å²) >= 11 is 0. The lowest BCUT2D eigenvalue weighted by molar-refractivity contribution is 0.485. The first-order chi connectivity index (χ1) is 7.71. The van der Waals surface area contributed by atoms with Crippen LogP contribution in [0, 0.1) is 0 Å². The molecule has 0 fully saturated rings. The van der Waals surface area contributed by atoms with Gasteiger partial charge < -0.3 is 0 Å². The number of hydrogen-bond acceptors (Lipinski definition) is 2. The van der Waals surface area contributed by atoms with Crippen LogP contribution in [0.15, 0.2) is 18.5 Å². The zero-order chi connectivity index (χ0) is 12.8. The first kappa shape index (κ1) is 12.1. The summed E-state index contributed by atoms with van der Waals surface area (Å²) in [6.07, 6.45) is 3.74. The first-order valence-corrected chi connectivity index (χ1v) is 6.05. The maximum absolute atomic E-state index is 4.66. The molecule has 0 saturated carbocycles. The largest absolute Gasteiger partial charge is 0.257 e. The van der Waals surface area contributed by atoms with Gasteiger partial charge in [0.1, 0.15) is 0 Å². The van der Waals surface area contributed by atoms with Crippen molar-refractivity contribution < 1.29 is 0 Å². The van der Waals surface area contributed by atoms with Crippen LogP contribution in [0.4, 0.5) is 0 Å². The molecule has 0 aliphatic rings. The minimum atomic E-state index is 0.0289. The van der Waals surface area contributed by atoms with Gasteiger partial charge in [-0.3, -0.25) is 4.98 Å². The Morgan fingerprint density at radius 3 is 2.18 bits per heavy atom. The van der Waals surface area contributed by atoms with Gasteiger partial charge in [-0.15, -0.1) is 0 Å². The molecule has 0 amide bonds. The molecule has 2 aromatic rings. The van der Waals surface area contributed by atoms with Crippen molar-refractivity contribution in [3.05, 3.63) is 29.8 Å². The van der Waals surface area contributed by atoms with E-state index in [0.717, 1.165) is 11.2 Å². The van der Waals surface area contributed by atoms with Crippen LogP contribution >= 0.6 is 0 Å². The SMILES string of the molecule is CC(C)(C)c1ncc2ccnn2c1C(C)(C)C. The maximum atomic E-state index is 4.66. The number of nitrogens with zero attached hydrogens (tertiary/aromatic N) is 3. The molecular weight excluding hydrogens is 210 g/mol. The molecule has 0 aromatic carbocycles. The standard InChI is InChI=1S/C14H21N3/c1-13(2,3)11-12(14(4,5)6)17-10(9-15-11)7-8-16-17/h7-9H,1-6H3. The molecule has 3 heteroatoms.